The Morgan fingerprint density at radius 2 is 1.94 bits per heavy atom. The van der Waals surface area contributed by atoms with Crippen LogP contribution in [0.15, 0.2) is 48.5 Å². The lowest BCUT2D eigenvalue weighted by Crippen LogP contribution is -2.82. The first kappa shape index (κ1) is 23.4. The topological polar surface area (TPSA) is 46.2 Å². The minimum atomic E-state index is -0.106. The number of hydrogen-bond acceptors (Lipinski definition) is 2. The highest BCUT2D eigenvalue weighted by Gasteiger charge is 2.55. The van der Waals surface area contributed by atoms with E-state index in [9.17, 15) is 4.79 Å². The lowest BCUT2D eigenvalue weighted by atomic mass is 9.67. The molecule has 2 fully saturated rings. The van der Waals surface area contributed by atoms with Gasteiger partial charge in [0.25, 0.3) is 0 Å². The Kier molecular flexibility index (Phi) is 6.70. The third-order valence-electron chi connectivity index (χ3n) is 9.21. The summed E-state index contributed by atoms with van der Waals surface area (Å²) in [7, 11) is 0. The van der Waals surface area contributed by atoms with Crippen LogP contribution in [-0.2, 0) is 10.2 Å². The van der Waals surface area contributed by atoms with Crippen LogP contribution in [0.1, 0.15) is 68.6 Å². The monoisotopic (exact) mass is 461 g/mol. The van der Waals surface area contributed by atoms with Crippen LogP contribution in [0.5, 0.6) is 5.75 Å². The predicted octanol–water partition coefficient (Wildman–Crippen LogP) is 4.42. The number of benzene rings is 2. The van der Waals surface area contributed by atoms with Crippen molar-refractivity contribution in [1.82, 2.24) is 4.90 Å². The number of amides is 1. The summed E-state index contributed by atoms with van der Waals surface area (Å²) in [4.78, 5) is 16.8. The fourth-order valence-corrected chi connectivity index (χ4v) is 7.27. The van der Waals surface area contributed by atoms with Crippen LogP contribution in [0.3, 0.4) is 0 Å². The summed E-state index contributed by atoms with van der Waals surface area (Å²) in [5.41, 5.74) is 3.79. The van der Waals surface area contributed by atoms with E-state index in [0.29, 0.717) is 30.4 Å². The highest BCUT2D eigenvalue weighted by Crippen LogP contribution is 2.47. The van der Waals surface area contributed by atoms with E-state index in [2.05, 4.69) is 79.5 Å². The SMILES string of the molecule is CCC(CC)[C@@H]1C[C@H](c2ccccc2)CCN1C(=O)[C@@H]1C[NH2+]C[C@]12CCOc1c(C)cccc12. The molecule has 0 saturated carbocycles. The van der Waals surface area contributed by atoms with Crippen LogP contribution in [0, 0.1) is 18.8 Å². The summed E-state index contributed by atoms with van der Waals surface area (Å²) in [5, 5.41) is 2.38. The van der Waals surface area contributed by atoms with E-state index in [1.54, 1.807) is 0 Å². The minimum absolute atomic E-state index is 0.0297. The molecule has 182 valence electrons. The molecule has 1 amide bonds. The van der Waals surface area contributed by atoms with Crippen molar-refractivity contribution < 1.29 is 14.8 Å². The first-order chi connectivity index (χ1) is 16.6. The molecule has 34 heavy (non-hydrogen) atoms. The molecular weight excluding hydrogens is 420 g/mol. The Bertz CT molecular complexity index is 1000. The fourth-order valence-electron chi connectivity index (χ4n) is 7.27. The summed E-state index contributed by atoms with van der Waals surface area (Å²) in [5.74, 6) is 2.56. The fraction of sp³-hybridized carbons (Fsp3) is 0.567. The van der Waals surface area contributed by atoms with Crippen LogP contribution in [0.4, 0.5) is 0 Å². The molecule has 2 aromatic carbocycles. The second-order valence-electron chi connectivity index (χ2n) is 10.8. The first-order valence-electron chi connectivity index (χ1n) is 13.5. The van der Waals surface area contributed by atoms with E-state index in [-0.39, 0.29) is 11.3 Å². The Balaban J connectivity index is 1.46. The number of nitrogens with two attached hydrogens (primary N) is 1. The smallest absolute Gasteiger partial charge is 0.232 e. The molecule has 0 aromatic heterocycles. The number of piperidine rings is 1. The van der Waals surface area contributed by atoms with Gasteiger partial charge in [0, 0.05) is 18.2 Å². The zero-order chi connectivity index (χ0) is 23.7. The predicted molar refractivity (Wildman–Crippen MR) is 136 cm³/mol. The van der Waals surface area contributed by atoms with Gasteiger partial charge in [-0.15, -0.1) is 0 Å². The van der Waals surface area contributed by atoms with Gasteiger partial charge in [-0.05, 0) is 49.1 Å². The van der Waals surface area contributed by atoms with E-state index >= 15 is 0 Å². The summed E-state index contributed by atoms with van der Waals surface area (Å²) >= 11 is 0. The standard InChI is InChI=1S/C30H40N2O2/c1-4-22(5-2)27-18-24(23-11-7-6-8-12-23)14-16-32(27)29(33)26-19-31-20-30(26)15-17-34-28-21(3)10-9-13-25(28)30/h6-13,22,24,26-27,31H,4-5,14-20H2,1-3H3/p+1/t24-,26+,27+,30+/m1/s1. The van der Waals surface area contributed by atoms with Gasteiger partial charge in [0.2, 0.25) is 5.91 Å². The van der Waals surface area contributed by atoms with E-state index < -0.39 is 0 Å². The summed E-state index contributed by atoms with van der Waals surface area (Å²) < 4.78 is 6.13. The van der Waals surface area contributed by atoms with Gasteiger partial charge in [0.15, 0.2) is 0 Å². The molecule has 2 N–H and O–H groups in total. The van der Waals surface area contributed by atoms with Crippen molar-refractivity contribution in [3.63, 3.8) is 0 Å². The van der Waals surface area contributed by atoms with Crippen LogP contribution in [-0.4, -0.2) is 43.1 Å². The molecule has 4 atom stereocenters. The van der Waals surface area contributed by atoms with E-state index in [4.69, 9.17) is 4.74 Å². The molecule has 5 rings (SSSR count). The minimum Gasteiger partial charge on any atom is -0.493 e. The number of aryl methyl sites for hydroxylation is 1. The van der Waals surface area contributed by atoms with Crippen molar-refractivity contribution in [3.05, 3.63) is 65.2 Å². The van der Waals surface area contributed by atoms with Gasteiger partial charge in [0.05, 0.1) is 25.1 Å². The molecule has 3 heterocycles. The third kappa shape index (κ3) is 3.94. The molecule has 2 aromatic rings. The molecule has 0 radical (unpaired) electrons. The maximum Gasteiger partial charge on any atom is 0.232 e. The molecule has 3 aliphatic heterocycles. The molecule has 2 saturated heterocycles. The molecular formula is C30H41N2O2+. The van der Waals surface area contributed by atoms with Gasteiger partial charge < -0.3 is 15.0 Å². The summed E-state index contributed by atoms with van der Waals surface area (Å²) in [6.07, 6.45) is 5.35. The zero-order valence-electron chi connectivity index (χ0n) is 21.1. The van der Waals surface area contributed by atoms with Crippen molar-refractivity contribution in [3.8, 4) is 5.75 Å². The van der Waals surface area contributed by atoms with Gasteiger partial charge in [0.1, 0.15) is 11.7 Å². The Morgan fingerprint density at radius 1 is 1.15 bits per heavy atom. The van der Waals surface area contributed by atoms with Crippen molar-refractivity contribution in [2.45, 2.75) is 70.3 Å². The maximum atomic E-state index is 14.4. The van der Waals surface area contributed by atoms with E-state index in [0.717, 1.165) is 57.5 Å². The second-order valence-corrected chi connectivity index (χ2v) is 10.8. The number of ether oxygens (including phenoxy) is 1. The number of quaternary nitrogens is 1. The zero-order valence-corrected chi connectivity index (χ0v) is 21.1. The largest absolute Gasteiger partial charge is 0.493 e. The third-order valence-corrected chi connectivity index (χ3v) is 9.21. The highest BCUT2D eigenvalue weighted by atomic mass is 16.5. The highest BCUT2D eigenvalue weighted by molar-refractivity contribution is 5.82. The van der Waals surface area contributed by atoms with Crippen molar-refractivity contribution in [2.24, 2.45) is 11.8 Å². The number of para-hydroxylation sites is 1. The lowest BCUT2D eigenvalue weighted by Gasteiger charge is -2.46. The van der Waals surface area contributed by atoms with Crippen LogP contribution < -0.4 is 10.1 Å². The van der Waals surface area contributed by atoms with Crippen LogP contribution in [0.25, 0.3) is 0 Å². The van der Waals surface area contributed by atoms with Crippen molar-refractivity contribution in [2.75, 3.05) is 26.2 Å². The molecule has 0 unspecified atom stereocenters. The van der Waals surface area contributed by atoms with Gasteiger partial charge in [-0.25, -0.2) is 0 Å². The molecule has 1 spiro atoms. The quantitative estimate of drug-likeness (QED) is 0.717. The van der Waals surface area contributed by atoms with E-state index in [1.807, 2.05) is 0 Å². The van der Waals surface area contributed by atoms with Gasteiger partial charge in [-0.2, -0.15) is 0 Å². The second kappa shape index (κ2) is 9.73. The number of fused-ring (bicyclic) bond motifs is 2. The number of carbonyl (C=O) groups is 1. The number of likely N-dealkylation sites (tertiary alicyclic amines) is 1. The Hall–Kier alpha value is -2.33. The average Bonchev–Trinajstić information content (AvgIpc) is 3.29. The number of carbonyl (C=O) groups excluding carboxylic acids is 1. The Morgan fingerprint density at radius 3 is 2.71 bits per heavy atom. The van der Waals surface area contributed by atoms with Crippen LogP contribution in [0.2, 0.25) is 0 Å². The van der Waals surface area contributed by atoms with Crippen LogP contribution >= 0.6 is 0 Å². The van der Waals surface area contributed by atoms with Crippen molar-refractivity contribution >= 4 is 5.91 Å². The number of rotatable bonds is 5. The summed E-state index contributed by atoms with van der Waals surface area (Å²) in [6.45, 7) is 10.2. The molecule has 0 bridgehead atoms. The normalized spacial score (nSPS) is 28.7. The maximum absolute atomic E-state index is 14.4. The van der Waals surface area contributed by atoms with E-state index in [1.165, 1.54) is 16.7 Å². The molecule has 4 heteroatoms. The number of hydrogen-bond donors (Lipinski definition) is 1. The number of nitrogens with zero attached hydrogens (tertiary/aromatic N) is 1. The van der Waals surface area contributed by atoms with Gasteiger partial charge >= 0.3 is 0 Å². The lowest BCUT2D eigenvalue weighted by molar-refractivity contribution is -0.640. The summed E-state index contributed by atoms with van der Waals surface area (Å²) in [6, 6.07) is 17.8. The molecule has 3 aliphatic rings. The molecule has 4 nitrogen and oxygen atoms in total. The first-order valence-corrected chi connectivity index (χ1v) is 13.5. The Labute approximate surface area is 205 Å². The molecule has 0 aliphatic carbocycles. The average molecular weight is 462 g/mol. The van der Waals surface area contributed by atoms with Gasteiger partial charge in [-0.3, -0.25) is 4.79 Å². The van der Waals surface area contributed by atoms with Crippen molar-refractivity contribution in [1.29, 1.82) is 0 Å². The van der Waals surface area contributed by atoms with Gasteiger partial charge in [-0.1, -0.05) is 75.2 Å².